The number of benzene rings is 1. The summed E-state index contributed by atoms with van der Waals surface area (Å²) in [6, 6.07) is 6.55. The Hall–Kier alpha value is -1.14. The van der Waals surface area contributed by atoms with Crippen LogP contribution in [0.25, 0.3) is 0 Å². The number of aliphatic hydroxyl groups is 1. The van der Waals surface area contributed by atoms with Gasteiger partial charge in [-0.1, -0.05) is 33.4 Å². The average Bonchev–Trinajstić information content (AvgIpc) is 2.95. The summed E-state index contributed by atoms with van der Waals surface area (Å²) in [5, 5.41) is 11.6. The molecule has 5 heteroatoms. The summed E-state index contributed by atoms with van der Waals surface area (Å²) in [5.74, 6) is 0.802. The lowest BCUT2D eigenvalue weighted by Crippen LogP contribution is -2.46. The Morgan fingerprint density at radius 2 is 1.97 bits per heavy atom. The van der Waals surface area contributed by atoms with Gasteiger partial charge in [-0.05, 0) is 92.9 Å². The van der Waals surface area contributed by atoms with Crippen LogP contribution in [0.2, 0.25) is 18.1 Å². The van der Waals surface area contributed by atoms with Crippen molar-refractivity contribution in [3.63, 3.8) is 0 Å². The lowest BCUT2D eigenvalue weighted by atomic mass is 9.72. The van der Waals surface area contributed by atoms with Crippen molar-refractivity contribution in [2.45, 2.75) is 102 Å². The molecule has 4 nitrogen and oxygen atoms in total. The smallest absolute Gasteiger partial charge is 0.250 e. The Kier molecular flexibility index (Phi) is 6.09. The van der Waals surface area contributed by atoms with Crippen LogP contribution >= 0.6 is 0 Å². The minimum absolute atomic E-state index is 0.187. The monoisotopic (exact) mass is 432 g/mol. The summed E-state index contributed by atoms with van der Waals surface area (Å²) in [4.78, 5) is 0. The summed E-state index contributed by atoms with van der Waals surface area (Å²) < 4.78 is 18.1. The highest BCUT2D eigenvalue weighted by molar-refractivity contribution is 6.74. The summed E-state index contributed by atoms with van der Waals surface area (Å²) >= 11 is 0. The molecule has 1 heterocycles. The van der Waals surface area contributed by atoms with Gasteiger partial charge in [0.05, 0.1) is 6.61 Å². The average molecular weight is 433 g/mol. The molecule has 3 atom stereocenters. The van der Waals surface area contributed by atoms with Crippen LogP contribution in [-0.4, -0.2) is 37.5 Å². The van der Waals surface area contributed by atoms with Gasteiger partial charge >= 0.3 is 0 Å². The first-order valence-electron chi connectivity index (χ1n) is 11.2. The predicted octanol–water partition coefficient (Wildman–Crippen LogP) is 5.95. The maximum atomic E-state index is 11.4. The van der Waals surface area contributed by atoms with E-state index in [2.05, 4.69) is 58.6 Å². The molecular weight excluding hydrogens is 392 g/mol. The van der Waals surface area contributed by atoms with E-state index in [4.69, 9.17) is 13.9 Å². The van der Waals surface area contributed by atoms with Crippen LogP contribution in [0.1, 0.15) is 71.4 Å². The van der Waals surface area contributed by atoms with E-state index in [0.29, 0.717) is 18.9 Å². The zero-order valence-corrected chi connectivity index (χ0v) is 21.1. The third-order valence-electron chi connectivity index (χ3n) is 7.35. The van der Waals surface area contributed by atoms with Gasteiger partial charge in [0.1, 0.15) is 17.5 Å². The molecule has 1 aliphatic carbocycles. The van der Waals surface area contributed by atoms with Crippen molar-refractivity contribution < 1.29 is 19.0 Å². The minimum atomic E-state index is -1.83. The fourth-order valence-electron chi connectivity index (χ4n) is 4.14. The highest BCUT2D eigenvalue weighted by Crippen LogP contribution is 2.45. The van der Waals surface area contributed by atoms with Gasteiger partial charge in [0.15, 0.2) is 5.79 Å². The van der Waals surface area contributed by atoms with Gasteiger partial charge in [-0.2, -0.15) is 0 Å². The van der Waals surface area contributed by atoms with E-state index in [1.165, 1.54) is 11.1 Å². The number of hydrogen-bond acceptors (Lipinski definition) is 4. The summed E-state index contributed by atoms with van der Waals surface area (Å²) in [6.07, 6.45) is 2.19. The molecule has 1 aromatic carbocycles. The highest BCUT2D eigenvalue weighted by Gasteiger charge is 2.47. The Morgan fingerprint density at radius 1 is 1.30 bits per heavy atom. The van der Waals surface area contributed by atoms with Gasteiger partial charge < -0.3 is 19.0 Å². The fraction of sp³-hybridized carbons (Fsp3) is 0.680. The van der Waals surface area contributed by atoms with Gasteiger partial charge in [-0.15, -0.1) is 0 Å². The van der Waals surface area contributed by atoms with E-state index in [0.717, 1.165) is 24.2 Å². The van der Waals surface area contributed by atoms with Crippen molar-refractivity contribution in [1.82, 2.24) is 0 Å². The van der Waals surface area contributed by atoms with E-state index >= 15 is 0 Å². The molecule has 168 valence electrons. The largest absolute Gasteiger partial charge is 0.543 e. The number of fused-ring (bicyclic) bond motifs is 1. The van der Waals surface area contributed by atoms with Crippen molar-refractivity contribution in [3.05, 3.63) is 41.5 Å². The molecule has 0 bridgehead atoms. The van der Waals surface area contributed by atoms with Crippen molar-refractivity contribution >= 4 is 8.32 Å². The van der Waals surface area contributed by atoms with Crippen LogP contribution < -0.4 is 4.43 Å². The lowest BCUT2D eigenvalue weighted by Gasteiger charge is -2.39. The molecule has 0 amide bonds. The normalized spacial score (nSPS) is 25.2. The molecule has 3 rings (SSSR count). The Labute approximate surface area is 183 Å². The van der Waals surface area contributed by atoms with E-state index in [-0.39, 0.29) is 11.1 Å². The molecule has 0 radical (unpaired) electrons. The van der Waals surface area contributed by atoms with Crippen molar-refractivity contribution in [3.8, 4) is 5.75 Å². The van der Waals surface area contributed by atoms with Crippen molar-refractivity contribution in [1.29, 1.82) is 0 Å². The standard InChI is InChI=1S/C25H40O4Si/c1-17(2)25(26,22-16-27-24(6,7)28-22)13-12-18-14-19-15-20(10-11-21(18)19)29-30(8,9)23(3,4)5/h10-11,15,18,22,26H,1,12-14,16H2,2-9H3/t18?,22-,25-/m1/s1. The third-order valence-corrected chi connectivity index (χ3v) is 11.7. The second kappa shape index (κ2) is 7.77. The Balaban J connectivity index is 1.64. The molecule has 1 fully saturated rings. The van der Waals surface area contributed by atoms with Crippen molar-refractivity contribution in [2.75, 3.05) is 6.61 Å². The highest BCUT2D eigenvalue weighted by atomic mass is 28.4. The number of rotatable bonds is 7. The van der Waals surface area contributed by atoms with Gasteiger partial charge in [0, 0.05) is 0 Å². The molecule has 1 aromatic rings. The van der Waals surface area contributed by atoms with E-state index in [1.807, 2.05) is 20.8 Å². The lowest BCUT2D eigenvalue weighted by molar-refractivity contribution is -0.164. The van der Waals surface area contributed by atoms with E-state index < -0.39 is 19.7 Å². The topological polar surface area (TPSA) is 47.9 Å². The van der Waals surface area contributed by atoms with E-state index in [1.54, 1.807) is 0 Å². The zero-order chi connectivity index (χ0) is 22.5. The molecule has 0 saturated carbocycles. The summed E-state index contributed by atoms with van der Waals surface area (Å²) in [5.41, 5.74) is 2.43. The first-order valence-corrected chi connectivity index (χ1v) is 14.1. The van der Waals surface area contributed by atoms with Gasteiger partial charge in [-0.25, -0.2) is 0 Å². The summed E-state index contributed by atoms with van der Waals surface area (Å²) in [7, 11) is -1.83. The third kappa shape index (κ3) is 4.54. The maximum Gasteiger partial charge on any atom is 0.250 e. The fourth-order valence-corrected chi connectivity index (χ4v) is 5.16. The second-order valence-electron chi connectivity index (χ2n) is 11.2. The summed E-state index contributed by atoms with van der Waals surface area (Å²) in [6.45, 7) is 21.5. The second-order valence-corrected chi connectivity index (χ2v) is 15.9. The number of hydrogen-bond donors (Lipinski definition) is 1. The molecule has 1 aliphatic heterocycles. The Morgan fingerprint density at radius 3 is 2.47 bits per heavy atom. The van der Waals surface area contributed by atoms with E-state index in [9.17, 15) is 5.11 Å². The predicted molar refractivity (Wildman–Crippen MR) is 125 cm³/mol. The molecule has 2 aliphatic rings. The van der Waals surface area contributed by atoms with Crippen LogP contribution in [0.5, 0.6) is 5.75 Å². The Bertz CT molecular complexity index is 808. The van der Waals surface area contributed by atoms with Gasteiger partial charge in [0.25, 0.3) is 0 Å². The number of ether oxygens (including phenoxy) is 2. The van der Waals surface area contributed by atoms with Crippen molar-refractivity contribution in [2.24, 2.45) is 0 Å². The quantitative estimate of drug-likeness (QED) is 0.427. The molecule has 1 saturated heterocycles. The van der Waals surface area contributed by atoms with Gasteiger partial charge in [0.2, 0.25) is 8.32 Å². The van der Waals surface area contributed by atoms with Crippen LogP contribution in [0, 0.1) is 0 Å². The molecule has 1 N–H and O–H groups in total. The molecule has 30 heavy (non-hydrogen) atoms. The van der Waals surface area contributed by atoms with Gasteiger partial charge in [-0.3, -0.25) is 0 Å². The molecule has 1 unspecified atom stereocenters. The SMILES string of the molecule is C=C(C)[C@](O)(CCC1Cc2cc(O[Si](C)(C)C(C)(C)C)ccc21)[C@H]1COC(C)(C)O1. The van der Waals surface area contributed by atoms with Crippen LogP contribution in [0.3, 0.4) is 0 Å². The van der Waals surface area contributed by atoms with Crippen LogP contribution in [-0.2, 0) is 15.9 Å². The maximum absolute atomic E-state index is 11.4. The minimum Gasteiger partial charge on any atom is -0.543 e. The molecule has 0 spiro atoms. The van der Waals surface area contributed by atoms with Crippen LogP contribution in [0.4, 0.5) is 0 Å². The molecule has 0 aromatic heterocycles. The first kappa shape index (κ1) is 23.5. The molecular formula is C25H40O4Si. The van der Waals surface area contributed by atoms with Crippen LogP contribution in [0.15, 0.2) is 30.4 Å². The first-order chi connectivity index (χ1) is 13.6. The zero-order valence-electron chi connectivity index (χ0n) is 20.1.